The van der Waals surface area contributed by atoms with Crippen molar-refractivity contribution < 1.29 is 0 Å². The van der Waals surface area contributed by atoms with Gasteiger partial charge in [0.05, 0.1) is 5.75 Å². The molecule has 0 amide bonds. The molecule has 1 N–H and O–H groups in total. The molecule has 2 aromatic rings. The topological polar surface area (TPSA) is 37.8 Å². The average Bonchev–Trinajstić information content (AvgIpc) is 2.84. The molecule has 0 spiro atoms. The molecule has 0 fully saturated rings. The molecule has 3 nitrogen and oxygen atoms in total. The SMILES string of the molecule is CC(C)(C)NCCc1nnc(CSc2ccccc2)s1. The first kappa shape index (κ1) is 15.5. The van der Waals surface area contributed by atoms with Crippen LogP contribution in [0, 0.1) is 0 Å². The smallest absolute Gasteiger partial charge is 0.127 e. The third-order valence-electron chi connectivity index (χ3n) is 2.61. The number of benzene rings is 1. The Bertz CT molecular complexity index is 517. The van der Waals surface area contributed by atoms with Gasteiger partial charge in [0.2, 0.25) is 0 Å². The molecule has 2 rings (SSSR count). The van der Waals surface area contributed by atoms with Gasteiger partial charge in [-0.3, -0.25) is 0 Å². The molecule has 0 saturated carbocycles. The van der Waals surface area contributed by atoms with Gasteiger partial charge in [-0.1, -0.05) is 18.2 Å². The maximum absolute atomic E-state index is 4.27. The highest BCUT2D eigenvalue weighted by Crippen LogP contribution is 2.24. The van der Waals surface area contributed by atoms with Crippen LogP contribution >= 0.6 is 23.1 Å². The van der Waals surface area contributed by atoms with Crippen molar-refractivity contribution in [2.75, 3.05) is 6.54 Å². The van der Waals surface area contributed by atoms with E-state index < -0.39 is 0 Å². The zero-order valence-electron chi connectivity index (χ0n) is 12.2. The largest absolute Gasteiger partial charge is 0.312 e. The molecule has 1 aromatic heterocycles. The molecule has 108 valence electrons. The second kappa shape index (κ2) is 7.20. The fourth-order valence-electron chi connectivity index (χ4n) is 1.65. The first-order valence-corrected chi connectivity index (χ1v) is 8.57. The van der Waals surface area contributed by atoms with E-state index in [0.29, 0.717) is 0 Å². The van der Waals surface area contributed by atoms with Gasteiger partial charge in [0.25, 0.3) is 0 Å². The molecule has 0 unspecified atom stereocenters. The summed E-state index contributed by atoms with van der Waals surface area (Å²) in [5.41, 5.74) is 0.163. The summed E-state index contributed by atoms with van der Waals surface area (Å²) in [5.74, 6) is 0.897. The van der Waals surface area contributed by atoms with Crippen molar-refractivity contribution in [3.63, 3.8) is 0 Å². The van der Waals surface area contributed by atoms with Crippen LogP contribution in [0.4, 0.5) is 0 Å². The van der Waals surface area contributed by atoms with Crippen molar-refractivity contribution in [3.05, 3.63) is 40.3 Å². The van der Waals surface area contributed by atoms with Crippen molar-refractivity contribution in [2.24, 2.45) is 0 Å². The second-order valence-electron chi connectivity index (χ2n) is 5.62. The van der Waals surface area contributed by atoms with E-state index in [2.05, 4.69) is 60.6 Å². The van der Waals surface area contributed by atoms with Gasteiger partial charge in [-0.15, -0.1) is 33.3 Å². The van der Waals surface area contributed by atoms with Crippen LogP contribution in [0.15, 0.2) is 35.2 Å². The highest BCUT2D eigenvalue weighted by molar-refractivity contribution is 7.98. The van der Waals surface area contributed by atoms with E-state index in [1.54, 1.807) is 11.3 Å². The summed E-state index contributed by atoms with van der Waals surface area (Å²) in [6.07, 6.45) is 0.949. The maximum atomic E-state index is 4.27. The van der Waals surface area contributed by atoms with Crippen molar-refractivity contribution in [2.45, 2.75) is 43.4 Å². The standard InChI is InChI=1S/C15H21N3S2/c1-15(2,3)16-10-9-13-17-18-14(20-13)11-19-12-7-5-4-6-8-12/h4-8,16H,9-11H2,1-3H3. The molecule has 0 aliphatic rings. The van der Waals surface area contributed by atoms with Crippen LogP contribution in [-0.4, -0.2) is 22.3 Å². The van der Waals surface area contributed by atoms with E-state index in [0.717, 1.165) is 28.7 Å². The molecule has 0 aliphatic heterocycles. The Labute approximate surface area is 129 Å². The molecular weight excluding hydrogens is 286 g/mol. The van der Waals surface area contributed by atoms with E-state index in [9.17, 15) is 0 Å². The number of nitrogens with zero attached hydrogens (tertiary/aromatic N) is 2. The van der Waals surface area contributed by atoms with Crippen LogP contribution in [0.2, 0.25) is 0 Å². The lowest BCUT2D eigenvalue weighted by Gasteiger charge is -2.19. The van der Waals surface area contributed by atoms with E-state index >= 15 is 0 Å². The first-order valence-electron chi connectivity index (χ1n) is 6.77. The van der Waals surface area contributed by atoms with Gasteiger partial charge in [-0.25, -0.2) is 0 Å². The first-order chi connectivity index (χ1) is 9.53. The predicted octanol–water partition coefficient (Wildman–Crippen LogP) is 3.76. The number of nitrogens with one attached hydrogen (secondary N) is 1. The summed E-state index contributed by atoms with van der Waals surface area (Å²) >= 11 is 3.53. The van der Waals surface area contributed by atoms with Gasteiger partial charge in [-0.05, 0) is 32.9 Å². The van der Waals surface area contributed by atoms with E-state index in [1.165, 1.54) is 4.90 Å². The Hall–Kier alpha value is -0.910. The summed E-state index contributed by atoms with van der Waals surface area (Å²) in [7, 11) is 0. The highest BCUT2D eigenvalue weighted by Gasteiger charge is 2.09. The zero-order valence-corrected chi connectivity index (χ0v) is 13.9. The van der Waals surface area contributed by atoms with Crippen molar-refractivity contribution >= 4 is 23.1 Å². The van der Waals surface area contributed by atoms with Crippen LogP contribution < -0.4 is 5.32 Å². The third-order valence-corrected chi connectivity index (χ3v) is 4.80. The number of hydrogen-bond donors (Lipinski definition) is 1. The molecule has 0 atom stereocenters. The summed E-state index contributed by atoms with van der Waals surface area (Å²) in [4.78, 5) is 1.28. The van der Waals surface area contributed by atoms with Crippen molar-refractivity contribution in [3.8, 4) is 0 Å². The molecule has 0 aliphatic carbocycles. The number of aromatic nitrogens is 2. The quantitative estimate of drug-likeness (QED) is 0.825. The average molecular weight is 307 g/mol. The second-order valence-corrected chi connectivity index (χ2v) is 7.81. The Morgan fingerprint density at radius 2 is 1.80 bits per heavy atom. The third kappa shape index (κ3) is 5.61. The number of hydrogen-bond acceptors (Lipinski definition) is 5. The van der Waals surface area contributed by atoms with Crippen molar-refractivity contribution in [1.82, 2.24) is 15.5 Å². The lowest BCUT2D eigenvalue weighted by molar-refractivity contribution is 0.429. The van der Waals surface area contributed by atoms with Crippen LogP contribution in [0.3, 0.4) is 0 Å². The van der Waals surface area contributed by atoms with E-state index in [4.69, 9.17) is 0 Å². The van der Waals surface area contributed by atoms with Crippen LogP contribution in [0.5, 0.6) is 0 Å². The van der Waals surface area contributed by atoms with Gasteiger partial charge in [0, 0.05) is 23.4 Å². The molecule has 1 aromatic carbocycles. The Kier molecular flexibility index (Phi) is 5.57. The highest BCUT2D eigenvalue weighted by atomic mass is 32.2. The van der Waals surface area contributed by atoms with Crippen LogP contribution in [-0.2, 0) is 12.2 Å². The Morgan fingerprint density at radius 1 is 1.10 bits per heavy atom. The molecule has 0 radical (unpaired) electrons. The summed E-state index contributed by atoms with van der Waals surface area (Å²) in [5, 5.41) is 14.2. The maximum Gasteiger partial charge on any atom is 0.127 e. The minimum Gasteiger partial charge on any atom is -0.312 e. The van der Waals surface area contributed by atoms with Crippen molar-refractivity contribution in [1.29, 1.82) is 0 Å². The molecule has 0 bridgehead atoms. The molecule has 20 heavy (non-hydrogen) atoms. The van der Waals surface area contributed by atoms with Gasteiger partial charge in [-0.2, -0.15) is 0 Å². The lowest BCUT2D eigenvalue weighted by Crippen LogP contribution is -2.37. The summed E-state index contributed by atoms with van der Waals surface area (Å²) < 4.78 is 0. The fraction of sp³-hybridized carbons (Fsp3) is 0.467. The minimum absolute atomic E-state index is 0.163. The fourth-order valence-corrected chi connectivity index (χ4v) is 3.40. The molecular formula is C15H21N3S2. The molecule has 0 saturated heterocycles. The Balaban J connectivity index is 1.77. The molecule has 1 heterocycles. The number of thioether (sulfide) groups is 1. The summed E-state index contributed by atoms with van der Waals surface area (Å²) in [6, 6.07) is 10.4. The summed E-state index contributed by atoms with van der Waals surface area (Å²) in [6.45, 7) is 7.48. The lowest BCUT2D eigenvalue weighted by atomic mass is 10.1. The zero-order chi connectivity index (χ0) is 14.4. The van der Waals surface area contributed by atoms with Gasteiger partial charge in [0.1, 0.15) is 10.0 Å². The monoisotopic (exact) mass is 307 g/mol. The van der Waals surface area contributed by atoms with Crippen LogP contribution in [0.25, 0.3) is 0 Å². The van der Waals surface area contributed by atoms with Gasteiger partial charge in [0.15, 0.2) is 0 Å². The Morgan fingerprint density at radius 3 is 2.50 bits per heavy atom. The van der Waals surface area contributed by atoms with E-state index in [-0.39, 0.29) is 5.54 Å². The van der Waals surface area contributed by atoms with Crippen LogP contribution in [0.1, 0.15) is 30.8 Å². The molecule has 5 heteroatoms. The number of rotatable bonds is 6. The predicted molar refractivity (Wildman–Crippen MR) is 87.4 cm³/mol. The van der Waals surface area contributed by atoms with Gasteiger partial charge >= 0.3 is 0 Å². The van der Waals surface area contributed by atoms with Gasteiger partial charge < -0.3 is 5.32 Å². The normalized spacial score (nSPS) is 11.8. The van der Waals surface area contributed by atoms with E-state index in [1.807, 2.05) is 17.8 Å². The minimum atomic E-state index is 0.163.